The molecule has 100 valence electrons. The van der Waals surface area contributed by atoms with Crippen molar-refractivity contribution in [2.75, 3.05) is 13.2 Å². The molecule has 3 rings (SSSR count). The van der Waals surface area contributed by atoms with E-state index in [2.05, 4.69) is 36.3 Å². The molecular formula is C16H20N2O. The fraction of sp³-hybridized carbons (Fsp3) is 0.438. The van der Waals surface area contributed by atoms with Crippen molar-refractivity contribution in [3.8, 4) is 5.69 Å². The number of ether oxygens (including phenoxy) is 1. The smallest absolute Gasteiger partial charge is 0.0645 e. The van der Waals surface area contributed by atoms with Gasteiger partial charge in [0.1, 0.15) is 0 Å². The third-order valence-corrected chi connectivity index (χ3v) is 4.06. The Hall–Kier alpha value is -1.61. The molecule has 1 aromatic carbocycles. The fourth-order valence-corrected chi connectivity index (χ4v) is 2.67. The summed E-state index contributed by atoms with van der Waals surface area (Å²) >= 11 is 0. The minimum absolute atomic E-state index is 0.657. The second-order valence-corrected chi connectivity index (χ2v) is 5.42. The molecule has 0 N–H and O–H groups in total. The highest BCUT2D eigenvalue weighted by Crippen LogP contribution is 2.25. The van der Waals surface area contributed by atoms with Crippen LogP contribution in [-0.2, 0) is 11.2 Å². The Morgan fingerprint density at radius 1 is 1.32 bits per heavy atom. The summed E-state index contributed by atoms with van der Waals surface area (Å²) in [5.41, 5.74) is 2.50. The van der Waals surface area contributed by atoms with Gasteiger partial charge in [-0.15, -0.1) is 0 Å². The first kappa shape index (κ1) is 12.4. The fourth-order valence-electron chi connectivity index (χ4n) is 2.67. The molecule has 2 heterocycles. The van der Waals surface area contributed by atoms with E-state index in [9.17, 15) is 0 Å². The van der Waals surface area contributed by atoms with Crippen LogP contribution in [-0.4, -0.2) is 23.0 Å². The largest absolute Gasteiger partial charge is 0.381 e. The third kappa shape index (κ3) is 2.87. The maximum Gasteiger partial charge on any atom is 0.0645 e. The van der Waals surface area contributed by atoms with Gasteiger partial charge in [0.2, 0.25) is 0 Å². The third-order valence-electron chi connectivity index (χ3n) is 4.06. The van der Waals surface area contributed by atoms with E-state index in [-0.39, 0.29) is 0 Å². The monoisotopic (exact) mass is 256 g/mol. The molecule has 3 heteroatoms. The predicted octanol–water partition coefficient (Wildman–Crippen LogP) is 3.09. The summed E-state index contributed by atoms with van der Waals surface area (Å²) in [4.78, 5) is 0. The van der Waals surface area contributed by atoms with E-state index in [0.29, 0.717) is 5.92 Å². The van der Waals surface area contributed by atoms with Crippen molar-refractivity contribution >= 4 is 0 Å². The van der Waals surface area contributed by atoms with Gasteiger partial charge in [-0.05, 0) is 48.4 Å². The first-order valence-corrected chi connectivity index (χ1v) is 6.99. The number of nitrogens with zero attached hydrogens (tertiary/aromatic N) is 2. The summed E-state index contributed by atoms with van der Waals surface area (Å²) < 4.78 is 7.48. The number of hydrogen-bond donors (Lipinski definition) is 0. The minimum Gasteiger partial charge on any atom is -0.381 e. The average molecular weight is 256 g/mol. The first-order valence-electron chi connectivity index (χ1n) is 6.99. The number of rotatable bonds is 3. The van der Waals surface area contributed by atoms with E-state index in [1.54, 1.807) is 6.20 Å². The molecule has 1 aliphatic rings. The molecule has 0 radical (unpaired) electrons. The summed E-state index contributed by atoms with van der Waals surface area (Å²) in [7, 11) is 0. The lowest BCUT2D eigenvalue weighted by Gasteiger charge is -2.28. The van der Waals surface area contributed by atoms with E-state index in [1.165, 1.54) is 12.0 Å². The Balaban J connectivity index is 1.69. The van der Waals surface area contributed by atoms with Gasteiger partial charge in [-0.1, -0.05) is 19.1 Å². The van der Waals surface area contributed by atoms with Gasteiger partial charge in [-0.25, -0.2) is 4.68 Å². The zero-order valence-electron chi connectivity index (χ0n) is 11.3. The molecule has 1 aliphatic heterocycles. The maximum atomic E-state index is 5.59. The molecule has 0 spiro atoms. The van der Waals surface area contributed by atoms with Crippen LogP contribution in [0.25, 0.3) is 5.69 Å². The summed E-state index contributed by atoms with van der Waals surface area (Å²) in [6.45, 7) is 4.17. The second kappa shape index (κ2) is 5.57. The van der Waals surface area contributed by atoms with Crippen molar-refractivity contribution in [2.24, 2.45) is 11.8 Å². The summed E-state index contributed by atoms with van der Waals surface area (Å²) in [5, 5.41) is 4.24. The molecule has 0 aliphatic carbocycles. The Morgan fingerprint density at radius 2 is 2.16 bits per heavy atom. The van der Waals surface area contributed by atoms with E-state index < -0.39 is 0 Å². The molecule has 2 atom stereocenters. The van der Waals surface area contributed by atoms with Crippen LogP contribution in [0.15, 0.2) is 42.7 Å². The van der Waals surface area contributed by atoms with Crippen molar-refractivity contribution in [1.29, 1.82) is 0 Å². The van der Waals surface area contributed by atoms with Gasteiger partial charge in [-0.3, -0.25) is 0 Å². The molecular weight excluding hydrogens is 236 g/mol. The van der Waals surface area contributed by atoms with Crippen LogP contribution in [0.2, 0.25) is 0 Å². The lowest BCUT2D eigenvalue weighted by molar-refractivity contribution is 0.0230. The molecule has 1 fully saturated rings. The zero-order chi connectivity index (χ0) is 13.1. The summed E-state index contributed by atoms with van der Waals surface area (Å²) in [5.74, 6) is 1.42. The van der Waals surface area contributed by atoms with Crippen LogP contribution >= 0.6 is 0 Å². The van der Waals surface area contributed by atoms with Crippen molar-refractivity contribution in [3.63, 3.8) is 0 Å². The van der Waals surface area contributed by atoms with Crippen LogP contribution in [0, 0.1) is 11.8 Å². The van der Waals surface area contributed by atoms with E-state index >= 15 is 0 Å². The molecule has 2 aromatic rings. The Labute approximate surface area is 114 Å². The lowest BCUT2D eigenvalue weighted by Crippen LogP contribution is -2.27. The number of aromatic nitrogens is 2. The molecule has 19 heavy (non-hydrogen) atoms. The number of hydrogen-bond acceptors (Lipinski definition) is 2. The highest BCUT2D eigenvalue weighted by Gasteiger charge is 2.21. The van der Waals surface area contributed by atoms with Gasteiger partial charge < -0.3 is 4.74 Å². The van der Waals surface area contributed by atoms with Gasteiger partial charge in [0.15, 0.2) is 0 Å². The van der Waals surface area contributed by atoms with E-state index in [0.717, 1.165) is 31.2 Å². The number of benzene rings is 1. The summed E-state index contributed by atoms with van der Waals surface area (Å²) in [6, 6.07) is 10.6. The predicted molar refractivity (Wildman–Crippen MR) is 75.4 cm³/mol. The van der Waals surface area contributed by atoms with Crippen molar-refractivity contribution in [1.82, 2.24) is 9.78 Å². The van der Waals surface area contributed by atoms with Crippen LogP contribution in [0.3, 0.4) is 0 Å². The van der Waals surface area contributed by atoms with Crippen LogP contribution in [0.4, 0.5) is 0 Å². The standard InChI is InChI=1S/C16H20N2O/c1-13-7-10-19-12-15(13)11-14-3-5-16(6-4-14)18-9-2-8-17-18/h2-6,8-9,13,15H,7,10-12H2,1H3. The van der Waals surface area contributed by atoms with Gasteiger partial charge >= 0.3 is 0 Å². The van der Waals surface area contributed by atoms with Gasteiger partial charge in [0.05, 0.1) is 5.69 Å². The molecule has 0 amide bonds. The van der Waals surface area contributed by atoms with Crippen LogP contribution in [0.5, 0.6) is 0 Å². The molecule has 1 aromatic heterocycles. The zero-order valence-corrected chi connectivity index (χ0v) is 11.3. The van der Waals surface area contributed by atoms with Crippen molar-refractivity contribution < 1.29 is 4.74 Å². The Bertz CT molecular complexity index is 504. The quantitative estimate of drug-likeness (QED) is 0.843. The first-order chi connectivity index (χ1) is 9.33. The molecule has 0 bridgehead atoms. The van der Waals surface area contributed by atoms with Crippen LogP contribution in [0.1, 0.15) is 18.9 Å². The lowest BCUT2D eigenvalue weighted by atomic mass is 9.85. The van der Waals surface area contributed by atoms with E-state index in [1.807, 2.05) is 16.9 Å². The average Bonchev–Trinajstić information content (AvgIpc) is 2.96. The highest BCUT2D eigenvalue weighted by atomic mass is 16.5. The summed E-state index contributed by atoms with van der Waals surface area (Å²) in [6.07, 6.45) is 6.07. The highest BCUT2D eigenvalue weighted by molar-refractivity contribution is 5.33. The van der Waals surface area contributed by atoms with Crippen molar-refractivity contribution in [3.05, 3.63) is 48.3 Å². The second-order valence-electron chi connectivity index (χ2n) is 5.42. The topological polar surface area (TPSA) is 27.1 Å². The molecule has 3 nitrogen and oxygen atoms in total. The molecule has 2 unspecified atom stereocenters. The maximum absolute atomic E-state index is 5.59. The van der Waals surface area contributed by atoms with Gasteiger partial charge in [0, 0.05) is 25.6 Å². The molecule has 0 saturated carbocycles. The normalized spacial score (nSPS) is 23.4. The van der Waals surface area contributed by atoms with E-state index in [4.69, 9.17) is 4.74 Å². The van der Waals surface area contributed by atoms with Gasteiger partial charge in [0.25, 0.3) is 0 Å². The Kier molecular flexibility index (Phi) is 3.65. The molecule has 1 saturated heterocycles. The minimum atomic E-state index is 0.657. The van der Waals surface area contributed by atoms with Crippen LogP contribution < -0.4 is 0 Å². The SMILES string of the molecule is CC1CCOCC1Cc1ccc(-n2cccn2)cc1. The van der Waals surface area contributed by atoms with Crippen molar-refractivity contribution in [2.45, 2.75) is 19.8 Å². The van der Waals surface area contributed by atoms with Gasteiger partial charge in [-0.2, -0.15) is 5.10 Å². The Morgan fingerprint density at radius 3 is 2.84 bits per heavy atom.